The third-order valence-corrected chi connectivity index (χ3v) is 7.47. The number of benzene rings is 2. The van der Waals surface area contributed by atoms with E-state index in [1.165, 1.54) is 4.31 Å². The van der Waals surface area contributed by atoms with Crippen molar-refractivity contribution in [3.8, 4) is 0 Å². The number of carbonyl (C=O) groups excluding carboxylic acids is 1. The van der Waals surface area contributed by atoms with Gasteiger partial charge in [-0.15, -0.1) is 0 Å². The molecule has 2 aliphatic rings. The molecule has 0 saturated carbocycles. The van der Waals surface area contributed by atoms with Crippen molar-refractivity contribution < 1.29 is 13.2 Å². The number of nitrogens with zero attached hydrogens (tertiary/aromatic N) is 2. The van der Waals surface area contributed by atoms with Gasteiger partial charge in [0, 0.05) is 6.54 Å². The molecule has 0 radical (unpaired) electrons. The predicted molar refractivity (Wildman–Crippen MR) is 108 cm³/mol. The van der Waals surface area contributed by atoms with Gasteiger partial charge >= 0.3 is 0 Å². The minimum atomic E-state index is -3.80. The highest BCUT2D eigenvalue weighted by atomic mass is 32.2. The molecule has 1 spiro atoms. The number of allylic oxidation sites excluding steroid dienone is 1. The molecule has 0 bridgehead atoms. The van der Waals surface area contributed by atoms with E-state index < -0.39 is 15.7 Å². The lowest BCUT2D eigenvalue weighted by Crippen LogP contribution is -2.54. The van der Waals surface area contributed by atoms with Gasteiger partial charge in [0.1, 0.15) is 5.66 Å². The number of amides is 1. The first-order chi connectivity index (χ1) is 13.4. The van der Waals surface area contributed by atoms with E-state index in [2.05, 4.69) is 0 Å². The largest absolute Gasteiger partial charge is 0.314 e. The third kappa shape index (κ3) is 3.16. The molecule has 2 aromatic carbocycles. The van der Waals surface area contributed by atoms with Gasteiger partial charge in [0.15, 0.2) is 0 Å². The zero-order valence-electron chi connectivity index (χ0n) is 15.9. The predicted octanol–water partition coefficient (Wildman–Crippen LogP) is 3.46. The van der Waals surface area contributed by atoms with Crippen molar-refractivity contribution in [2.45, 2.75) is 43.3 Å². The first-order valence-corrected chi connectivity index (χ1v) is 11.0. The maximum Gasteiger partial charge on any atom is 0.245 e. The van der Waals surface area contributed by atoms with E-state index >= 15 is 0 Å². The molecular formula is C22H24N2O3S. The van der Waals surface area contributed by atoms with Crippen molar-refractivity contribution in [2.75, 3.05) is 6.54 Å². The van der Waals surface area contributed by atoms with E-state index in [1.54, 1.807) is 29.2 Å². The molecule has 1 saturated heterocycles. The van der Waals surface area contributed by atoms with Gasteiger partial charge in [-0.25, -0.2) is 8.42 Å². The normalized spacial score (nSPS) is 22.9. The summed E-state index contributed by atoms with van der Waals surface area (Å²) in [5.41, 5.74) is 1.05. The Balaban J connectivity index is 1.77. The van der Waals surface area contributed by atoms with Crippen LogP contribution in [0.1, 0.15) is 30.4 Å². The van der Waals surface area contributed by atoms with Gasteiger partial charge in [-0.05, 0) is 50.0 Å². The van der Waals surface area contributed by atoms with Crippen molar-refractivity contribution >= 4 is 15.9 Å². The third-order valence-electron chi connectivity index (χ3n) is 5.57. The average molecular weight is 397 g/mol. The van der Waals surface area contributed by atoms with Crippen molar-refractivity contribution in [2.24, 2.45) is 0 Å². The molecule has 6 heteroatoms. The van der Waals surface area contributed by atoms with Gasteiger partial charge in [-0.3, -0.25) is 4.79 Å². The minimum Gasteiger partial charge on any atom is -0.314 e. The Bertz CT molecular complexity index is 1000. The van der Waals surface area contributed by atoms with Crippen LogP contribution >= 0.6 is 0 Å². The Labute approximate surface area is 166 Å². The van der Waals surface area contributed by atoms with Gasteiger partial charge in [-0.2, -0.15) is 4.31 Å². The monoisotopic (exact) mass is 396 g/mol. The lowest BCUT2D eigenvalue weighted by Gasteiger charge is -2.42. The fraction of sp³-hybridized carbons (Fsp3) is 0.318. The van der Waals surface area contributed by atoms with Crippen molar-refractivity contribution in [1.82, 2.24) is 9.21 Å². The van der Waals surface area contributed by atoms with Gasteiger partial charge in [-0.1, -0.05) is 54.1 Å². The smallest absolute Gasteiger partial charge is 0.245 e. The molecule has 4 rings (SSSR count). The average Bonchev–Trinajstić information content (AvgIpc) is 2.96. The zero-order chi connectivity index (χ0) is 19.8. The molecule has 1 aliphatic carbocycles. The molecule has 5 nitrogen and oxygen atoms in total. The molecule has 2 aromatic rings. The molecule has 0 unspecified atom stereocenters. The van der Waals surface area contributed by atoms with Crippen LogP contribution in [-0.4, -0.2) is 35.7 Å². The Morgan fingerprint density at radius 1 is 1.04 bits per heavy atom. The first-order valence-electron chi connectivity index (χ1n) is 9.55. The molecule has 1 atom stereocenters. The maximum absolute atomic E-state index is 13.5. The van der Waals surface area contributed by atoms with E-state index in [1.807, 2.05) is 49.4 Å². The lowest BCUT2D eigenvalue weighted by atomic mass is 9.94. The number of hydrogen-bond donors (Lipinski definition) is 0. The van der Waals surface area contributed by atoms with E-state index in [0.29, 0.717) is 13.0 Å². The second kappa shape index (κ2) is 7.18. The zero-order valence-corrected chi connectivity index (χ0v) is 16.7. The minimum absolute atomic E-state index is 0.132. The molecule has 1 amide bonds. The van der Waals surface area contributed by atoms with E-state index in [9.17, 15) is 13.2 Å². The summed E-state index contributed by atoms with van der Waals surface area (Å²) in [7, 11) is -3.80. The van der Waals surface area contributed by atoms with Gasteiger partial charge < -0.3 is 4.90 Å². The van der Waals surface area contributed by atoms with Crippen molar-refractivity contribution in [1.29, 1.82) is 0 Å². The van der Waals surface area contributed by atoms with Crippen molar-refractivity contribution in [3.05, 3.63) is 77.9 Å². The summed E-state index contributed by atoms with van der Waals surface area (Å²) >= 11 is 0. The highest BCUT2D eigenvalue weighted by Crippen LogP contribution is 2.41. The summed E-state index contributed by atoms with van der Waals surface area (Å²) < 4.78 is 28.3. The molecule has 1 heterocycles. The summed E-state index contributed by atoms with van der Waals surface area (Å²) in [6.45, 7) is 2.18. The quantitative estimate of drug-likeness (QED) is 0.744. The SMILES string of the molecule is Cc1ccc(S(=O)(=O)N2CC(=O)N(Cc3ccccc3)[C@@]23C=CCCC3)cc1. The standard InChI is InChI=1S/C22H24N2O3S/c1-18-10-12-20(13-11-18)28(26,27)24-17-21(25)23(16-19-8-4-2-5-9-19)22(24)14-6-3-7-15-22/h2,4-6,8-14H,3,7,15-17H2,1H3/t22-/m0/s1. The van der Waals surface area contributed by atoms with Crippen LogP contribution in [0.15, 0.2) is 71.6 Å². The highest BCUT2D eigenvalue weighted by molar-refractivity contribution is 7.89. The van der Waals surface area contributed by atoms with Crippen LogP contribution in [0.5, 0.6) is 0 Å². The topological polar surface area (TPSA) is 57.7 Å². The van der Waals surface area contributed by atoms with Crippen LogP contribution in [0, 0.1) is 6.92 Å². The van der Waals surface area contributed by atoms with Crippen LogP contribution in [-0.2, 0) is 21.4 Å². The Morgan fingerprint density at radius 3 is 2.39 bits per heavy atom. The van der Waals surface area contributed by atoms with Gasteiger partial charge in [0.05, 0.1) is 11.4 Å². The molecule has 0 N–H and O–H groups in total. The number of aryl methyl sites for hydroxylation is 1. The Morgan fingerprint density at radius 2 is 1.75 bits per heavy atom. The van der Waals surface area contributed by atoms with Crippen LogP contribution in [0.4, 0.5) is 0 Å². The fourth-order valence-electron chi connectivity index (χ4n) is 4.09. The van der Waals surface area contributed by atoms with E-state index in [-0.39, 0.29) is 17.3 Å². The van der Waals surface area contributed by atoms with Crippen LogP contribution < -0.4 is 0 Å². The number of carbonyl (C=O) groups is 1. The van der Waals surface area contributed by atoms with E-state index in [0.717, 1.165) is 24.0 Å². The molecule has 1 aliphatic heterocycles. The molecule has 146 valence electrons. The highest BCUT2D eigenvalue weighted by Gasteiger charge is 2.55. The number of hydrogen-bond acceptors (Lipinski definition) is 3. The Hall–Kier alpha value is -2.44. The van der Waals surface area contributed by atoms with Crippen LogP contribution in [0.25, 0.3) is 0 Å². The summed E-state index contributed by atoms with van der Waals surface area (Å²) in [6.07, 6.45) is 6.25. The molecule has 1 fully saturated rings. The lowest BCUT2D eigenvalue weighted by molar-refractivity contribution is -0.130. The summed E-state index contributed by atoms with van der Waals surface area (Å²) in [6, 6.07) is 16.5. The first kappa shape index (κ1) is 18.9. The summed E-state index contributed by atoms with van der Waals surface area (Å²) in [4.78, 5) is 14.9. The molecule has 28 heavy (non-hydrogen) atoms. The summed E-state index contributed by atoms with van der Waals surface area (Å²) in [5, 5.41) is 0. The fourth-order valence-corrected chi connectivity index (χ4v) is 5.77. The van der Waals surface area contributed by atoms with Gasteiger partial charge in [0.2, 0.25) is 15.9 Å². The van der Waals surface area contributed by atoms with Crippen molar-refractivity contribution in [3.63, 3.8) is 0 Å². The second-order valence-corrected chi connectivity index (χ2v) is 9.33. The van der Waals surface area contributed by atoms with Crippen LogP contribution in [0.3, 0.4) is 0 Å². The van der Waals surface area contributed by atoms with E-state index in [4.69, 9.17) is 0 Å². The van der Waals surface area contributed by atoms with Gasteiger partial charge in [0.25, 0.3) is 0 Å². The van der Waals surface area contributed by atoms with Crippen LogP contribution in [0.2, 0.25) is 0 Å². The molecule has 0 aromatic heterocycles. The molecular weight excluding hydrogens is 372 g/mol. The maximum atomic E-state index is 13.5. The number of sulfonamides is 1. The Kier molecular flexibility index (Phi) is 4.85. The second-order valence-electron chi connectivity index (χ2n) is 7.46. The summed E-state index contributed by atoms with van der Waals surface area (Å²) in [5.74, 6) is -0.161. The number of rotatable bonds is 4.